The van der Waals surface area contributed by atoms with Gasteiger partial charge in [0.1, 0.15) is 23.0 Å². The van der Waals surface area contributed by atoms with Gasteiger partial charge in [0, 0.05) is 36.6 Å². The van der Waals surface area contributed by atoms with Crippen molar-refractivity contribution in [1.82, 2.24) is 4.90 Å². The molecule has 0 radical (unpaired) electrons. The highest BCUT2D eigenvalue weighted by molar-refractivity contribution is 5.95. The Bertz CT molecular complexity index is 1160. The molecule has 5 rings (SSSR count). The molecule has 2 atom stereocenters. The molecule has 6 heteroatoms. The van der Waals surface area contributed by atoms with E-state index in [0.717, 1.165) is 30.5 Å². The van der Waals surface area contributed by atoms with E-state index in [1.165, 1.54) is 38.1 Å². The topological polar surface area (TPSA) is 86.5 Å². The van der Waals surface area contributed by atoms with Crippen molar-refractivity contribution in [2.24, 2.45) is 5.92 Å². The SMILES string of the molecule is N=Cc1ccc(Oc2cc(Oc3ccc(C=N)cc3)cc(C(=O)N3CCCC4CCCCC43)c2)cc1. The van der Waals surface area contributed by atoms with Gasteiger partial charge in [0.15, 0.2) is 0 Å². The van der Waals surface area contributed by atoms with Crippen LogP contribution in [0.25, 0.3) is 0 Å². The lowest BCUT2D eigenvalue weighted by atomic mass is 9.78. The van der Waals surface area contributed by atoms with E-state index in [-0.39, 0.29) is 5.91 Å². The molecule has 1 aliphatic carbocycles. The van der Waals surface area contributed by atoms with Crippen molar-refractivity contribution >= 4 is 18.3 Å². The van der Waals surface area contributed by atoms with Crippen molar-refractivity contribution in [1.29, 1.82) is 10.8 Å². The Balaban J connectivity index is 1.45. The molecular formula is C30H31N3O3. The number of hydrogen-bond donors (Lipinski definition) is 2. The molecule has 2 unspecified atom stereocenters. The van der Waals surface area contributed by atoms with E-state index in [1.54, 1.807) is 18.2 Å². The average molecular weight is 482 g/mol. The van der Waals surface area contributed by atoms with Crippen LogP contribution in [0.4, 0.5) is 0 Å². The quantitative estimate of drug-likeness (QED) is 0.354. The number of fused-ring (bicyclic) bond motifs is 1. The second-order valence-corrected chi connectivity index (χ2v) is 9.58. The summed E-state index contributed by atoms with van der Waals surface area (Å²) < 4.78 is 12.2. The molecule has 2 N–H and O–H groups in total. The fourth-order valence-electron chi connectivity index (χ4n) is 5.39. The molecule has 36 heavy (non-hydrogen) atoms. The van der Waals surface area contributed by atoms with E-state index >= 15 is 0 Å². The van der Waals surface area contributed by atoms with Crippen molar-refractivity contribution in [2.45, 2.75) is 44.6 Å². The molecule has 3 aromatic carbocycles. The monoisotopic (exact) mass is 481 g/mol. The van der Waals surface area contributed by atoms with Crippen molar-refractivity contribution < 1.29 is 14.3 Å². The van der Waals surface area contributed by atoms with Crippen LogP contribution in [0.15, 0.2) is 66.7 Å². The highest BCUT2D eigenvalue weighted by Gasteiger charge is 2.36. The zero-order chi connectivity index (χ0) is 24.9. The van der Waals surface area contributed by atoms with Crippen LogP contribution in [0.2, 0.25) is 0 Å². The predicted molar refractivity (Wildman–Crippen MR) is 141 cm³/mol. The summed E-state index contributed by atoms with van der Waals surface area (Å²) in [7, 11) is 0. The molecule has 1 aliphatic heterocycles. The number of rotatable bonds is 7. The van der Waals surface area contributed by atoms with Gasteiger partial charge >= 0.3 is 0 Å². The van der Waals surface area contributed by atoms with Crippen LogP contribution in [0.1, 0.15) is 60.0 Å². The van der Waals surface area contributed by atoms with E-state index in [0.29, 0.717) is 40.5 Å². The second kappa shape index (κ2) is 10.8. The minimum atomic E-state index is 0.0280. The maximum absolute atomic E-state index is 13.8. The molecule has 2 aliphatic rings. The number of ether oxygens (including phenoxy) is 2. The first kappa shape index (κ1) is 23.8. The summed E-state index contributed by atoms with van der Waals surface area (Å²) in [4.78, 5) is 15.9. The maximum Gasteiger partial charge on any atom is 0.254 e. The smallest absolute Gasteiger partial charge is 0.254 e. The Morgan fingerprint density at radius 2 is 1.25 bits per heavy atom. The number of carbonyl (C=O) groups is 1. The van der Waals surface area contributed by atoms with Crippen LogP contribution >= 0.6 is 0 Å². The Labute approximate surface area is 211 Å². The molecule has 6 nitrogen and oxygen atoms in total. The molecule has 184 valence electrons. The summed E-state index contributed by atoms with van der Waals surface area (Å²) in [6, 6.07) is 20.2. The molecular weight excluding hydrogens is 450 g/mol. The molecule has 0 bridgehead atoms. The summed E-state index contributed by atoms with van der Waals surface area (Å²) in [6.45, 7) is 0.789. The average Bonchev–Trinajstić information content (AvgIpc) is 2.93. The number of piperidine rings is 1. The number of nitrogens with zero attached hydrogens (tertiary/aromatic N) is 1. The van der Waals surface area contributed by atoms with Gasteiger partial charge in [0.2, 0.25) is 0 Å². The van der Waals surface area contributed by atoms with Crippen molar-refractivity contribution in [3.63, 3.8) is 0 Å². The molecule has 2 fully saturated rings. The number of nitrogens with one attached hydrogen (secondary N) is 2. The van der Waals surface area contributed by atoms with Gasteiger partial charge in [-0.2, -0.15) is 0 Å². The Morgan fingerprint density at radius 3 is 1.81 bits per heavy atom. The maximum atomic E-state index is 13.8. The Morgan fingerprint density at radius 1 is 0.722 bits per heavy atom. The third-order valence-corrected chi connectivity index (χ3v) is 7.20. The van der Waals surface area contributed by atoms with Crippen LogP contribution in [0, 0.1) is 16.7 Å². The molecule has 1 heterocycles. The van der Waals surface area contributed by atoms with Crippen molar-refractivity contribution in [3.8, 4) is 23.0 Å². The normalized spacial score (nSPS) is 19.2. The predicted octanol–water partition coefficient (Wildman–Crippen LogP) is 7.06. The van der Waals surface area contributed by atoms with Crippen LogP contribution in [-0.2, 0) is 0 Å². The molecule has 3 aromatic rings. The van der Waals surface area contributed by atoms with Crippen LogP contribution in [-0.4, -0.2) is 35.8 Å². The second-order valence-electron chi connectivity index (χ2n) is 9.58. The molecule has 0 aromatic heterocycles. The van der Waals surface area contributed by atoms with Gasteiger partial charge in [-0.05, 0) is 103 Å². The third kappa shape index (κ3) is 5.33. The first-order valence-electron chi connectivity index (χ1n) is 12.7. The highest BCUT2D eigenvalue weighted by atomic mass is 16.5. The number of hydrogen-bond acceptors (Lipinski definition) is 5. The number of benzene rings is 3. The summed E-state index contributed by atoms with van der Waals surface area (Å²) in [5.41, 5.74) is 2.13. The first-order valence-corrected chi connectivity index (χ1v) is 12.7. The summed E-state index contributed by atoms with van der Waals surface area (Å²) in [5, 5.41) is 14.8. The van der Waals surface area contributed by atoms with Gasteiger partial charge in [0.05, 0.1) is 0 Å². The summed E-state index contributed by atoms with van der Waals surface area (Å²) in [5.74, 6) is 2.92. The molecule has 1 saturated carbocycles. The summed E-state index contributed by atoms with van der Waals surface area (Å²) >= 11 is 0. The molecule has 1 amide bonds. The number of amides is 1. The van der Waals surface area contributed by atoms with Gasteiger partial charge in [-0.1, -0.05) is 12.8 Å². The van der Waals surface area contributed by atoms with E-state index in [9.17, 15) is 4.79 Å². The fourth-order valence-corrected chi connectivity index (χ4v) is 5.39. The fraction of sp³-hybridized carbons (Fsp3) is 0.300. The standard InChI is InChI=1S/C30H31N3O3/c31-19-21-7-11-25(12-8-21)35-27-16-24(17-28(18-27)36-26-13-9-22(20-32)10-14-26)30(34)33-15-3-5-23-4-1-2-6-29(23)33/h7-14,16-20,23,29,31-32H,1-6,15H2. The largest absolute Gasteiger partial charge is 0.457 e. The van der Waals surface area contributed by atoms with Crippen molar-refractivity contribution in [2.75, 3.05) is 6.54 Å². The summed E-state index contributed by atoms with van der Waals surface area (Å²) in [6.07, 6.45) is 9.57. The molecule has 1 saturated heterocycles. The van der Waals surface area contributed by atoms with Gasteiger partial charge in [-0.15, -0.1) is 0 Å². The van der Waals surface area contributed by atoms with Gasteiger partial charge < -0.3 is 25.2 Å². The van der Waals surface area contributed by atoms with E-state index in [2.05, 4.69) is 4.90 Å². The Kier molecular flexibility index (Phi) is 7.12. The Hall–Kier alpha value is -3.93. The van der Waals surface area contributed by atoms with Gasteiger partial charge in [-0.3, -0.25) is 4.79 Å². The lowest BCUT2D eigenvalue weighted by molar-refractivity contribution is 0.0390. The minimum Gasteiger partial charge on any atom is -0.457 e. The van der Waals surface area contributed by atoms with Crippen LogP contribution in [0.3, 0.4) is 0 Å². The lowest BCUT2D eigenvalue weighted by Crippen LogP contribution is -2.49. The van der Waals surface area contributed by atoms with Gasteiger partial charge in [0.25, 0.3) is 5.91 Å². The number of likely N-dealkylation sites (tertiary alicyclic amines) is 1. The van der Waals surface area contributed by atoms with Gasteiger partial charge in [-0.25, -0.2) is 0 Å². The minimum absolute atomic E-state index is 0.0280. The van der Waals surface area contributed by atoms with E-state index in [4.69, 9.17) is 20.3 Å². The number of carbonyl (C=O) groups excluding carboxylic acids is 1. The zero-order valence-corrected chi connectivity index (χ0v) is 20.3. The first-order chi connectivity index (χ1) is 17.6. The lowest BCUT2D eigenvalue weighted by Gasteiger charge is -2.44. The van der Waals surface area contributed by atoms with E-state index < -0.39 is 0 Å². The molecule has 0 spiro atoms. The van der Waals surface area contributed by atoms with Crippen LogP contribution in [0.5, 0.6) is 23.0 Å². The zero-order valence-electron chi connectivity index (χ0n) is 20.3. The van der Waals surface area contributed by atoms with E-state index in [1.807, 2.05) is 48.5 Å². The third-order valence-electron chi connectivity index (χ3n) is 7.20. The highest BCUT2D eigenvalue weighted by Crippen LogP contribution is 2.37. The van der Waals surface area contributed by atoms with Crippen LogP contribution < -0.4 is 9.47 Å². The van der Waals surface area contributed by atoms with Crippen molar-refractivity contribution in [3.05, 3.63) is 83.4 Å².